The third kappa shape index (κ3) is 3.25. The highest BCUT2D eigenvalue weighted by Crippen LogP contribution is 2.37. The number of nitrogens with zero attached hydrogens (tertiary/aromatic N) is 1. The van der Waals surface area contributed by atoms with E-state index in [0.717, 1.165) is 13.1 Å². The average molecular weight is 254 g/mol. The summed E-state index contributed by atoms with van der Waals surface area (Å²) in [6.45, 7) is 6.68. The lowest BCUT2D eigenvalue weighted by molar-refractivity contribution is -0.0216. The number of nitrogens with two attached hydrogens (primary N) is 1. The molecule has 106 valence electrons. The van der Waals surface area contributed by atoms with Crippen LogP contribution in [0.4, 0.5) is 0 Å². The zero-order valence-electron chi connectivity index (χ0n) is 12.2. The standard InChI is InChI=1S/C15H30N2O/c1-13-6-9-17(10-14(13)18-2)12-15(11-16)7-4-3-5-8-15/h13-14H,3-12,16H2,1-2H3. The number of ether oxygens (including phenoxy) is 1. The van der Waals surface area contributed by atoms with Crippen LogP contribution in [-0.2, 0) is 4.74 Å². The summed E-state index contributed by atoms with van der Waals surface area (Å²) < 4.78 is 5.62. The predicted molar refractivity (Wildman–Crippen MR) is 75.6 cm³/mol. The Labute approximate surface area is 112 Å². The maximum atomic E-state index is 6.09. The Morgan fingerprint density at radius 1 is 1.28 bits per heavy atom. The van der Waals surface area contributed by atoms with Crippen molar-refractivity contribution in [1.29, 1.82) is 0 Å². The van der Waals surface area contributed by atoms with E-state index in [2.05, 4.69) is 11.8 Å². The zero-order chi connectivity index (χ0) is 13.0. The number of rotatable bonds is 4. The fourth-order valence-electron chi connectivity index (χ4n) is 3.75. The van der Waals surface area contributed by atoms with Crippen LogP contribution in [0.1, 0.15) is 45.4 Å². The summed E-state index contributed by atoms with van der Waals surface area (Å²) in [7, 11) is 1.85. The lowest BCUT2D eigenvalue weighted by Crippen LogP contribution is -2.50. The minimum absolute atomic E-state index is 0.400. The molecule has 2 atom stereocenters. The van der Waals surface area contributed by atoms with Crippen molar-refractivity contribution in [1.82, 2.24) is 4.90 Å². The molecule has 0 aromatic heterocycles. The second kappa shape index (κ2) is 6.36. The number of hydrogen-bond acceptors (Lipinski definition) is 3. The fraction of sp³-hybridized carbons (Fsp3) is 1.00. The van der Waals surface area contributed by atoms with Crippen LogP contribution in [-0.4, -0.2) is 44.3 Å². The summed E-state index contributed by atoms with van der Waals surface area (Å²) in [5.74, 6) is 0.700. The highest BCUT2D eigenvalue weighted by Gasteiger charge is 2.35. The van der Waals surface area contributed by atoms with Gasteiger partial charge in [-0.2, -0.15) is 0 Å². The molecule has 0 aromatic rings. The smallest absolute Gasteiger partial charge is 0.0724 e. The van der Waals surface area contributed by atoms with Gasteiger partial charge in [-0.25, -0.2) is 0 Å². The van der Waals surface area contributed by atoms with E-state index < -0.39 is 0 Å². The molecule has 1 aliphatic heterocycles. The summed E-state index contributed by atoms with van der Waals surface area (Å²) in [4.78, 5) is 2.60. The number of piperidine rings is 1. The summed E-state index contributed by atoms with van der Waals surface area (Å²) >= 11 is 0. The van der Waals surface area contributed by atoms with Gasteiger partial charge in [-0.05, 0) is 43.7 Å². The average Bonchev–Trinajstić information content (AvgIpc) is 2.42. The fourth-order valence-corrected chi connectivity index (χ4v) is 3.75. The lowest BCUT2D eigenvalue weighted by atomic mass is 9.73. The molecule has 2 aliphatic rings. The molecule has 1 aliphatic carbocycles. The van der Waals surface area contributed by atoms with E-state index >= 15 is 0 Å². The molecule has 3 heteroatoms. The Hall–Kier alpha value is -0.120. The van der Waals surface area contributed by atoms with Crippen molar-refractivity contribution >= 4 is 0 Å². The summed E-state index contributed by atoms with van der Waals surface area (Å²) in [5, 5.41) is 0. The van der Waals surface area contributed by atoms with Gasteiger partial charge in [0.1, 0.15) is 0 Å². The first kappa shape index (κ1) is 14.3. The van der Waals surface area contributed by atoms with Gasteiger partial charge in [0.05, 0.1) is 6.10 Å². The van der Waals surface area contributed by atoms with Gasteiger partial charge in [0.15, 0.2) is 0 Å². The van der Waals surface area contributed by atoms with E-state index in [1.807, 2.05) is 7.11 Å². The molecule has 0 radical (unpaired) electrons. The van der Waals surface area contributed by atoms with Gasteiger partial charge in [-0.15, -0.1) is 0 Å². The van der Waals surface area contributed by atoms with Crippen molar-refractivity contribution < 1.29 is 4.74 Å². The molecule has 1 heterocycles. The molecule has 2 fully saturated rings. The number of hydrogen-bond donors (Lipinski definition) is 1. The van der Waals surface area contributed by atoms with Crippen LogP contribution in [0.5, 0.6) is 0 Å². The SMILES string of the molecule is COC1CN(CC2(CN)CCCCC2)CCC1C. The largest absolute Gasteiger partial charge is 0.380 e. The molecule has 2 rings (SSSR count). The lowest BCUT2D eigenvalue weighted by Gasteiger charge is -2.44. The molecule has 0 aromatic carbocycles. The maximum absolute atomic E-state index is 6.09. The molecule has 1 saturated heterocycles. The van der Waals surface area contributed by atoms with E-state index in [1.54, 1.807) is 0 Å². The predicted octanol–water partition coefficient (Wildman–Crippen LogP) is 2.25. The van der Waals surface area contributed by atoms with Gasteiger partial charge in [-0.1, -0.05) is 26.2 Å². The molecule has 0 spiro atoms. The van der Waals surface area contributed by atoms with Gasteiger partial charge in [-0.3, -0.25) is 0 Å². The molecule has 18 heavy (non-hydrogen) atoms. The van der Waals surface area contributed by atoms with E-state index in [1.165, 1.54) is 51.6 Å². The van der Waals surface area contributed by atoms with Gasteiger partial charge < -0.3 is 15.4 Å². The van der Waals surface area contributed by atoms with Gasteiger partial charge in [0.25, 0.3) is 0 Å². The van der Waals surface area contributed by atoms with Crippen molar-refractivity contribution in [2.75, 3.05) is 33.3 Å². The summed E-state index contributed by atoms with van der Waals surface area (Å²) in [5.41, 5.74) is 6.49. The Morgan fingerprint density at radius 2 is 2.00 bits per heavy atom. The van der Waals surface area contributed by atoms with Crippen LogP contribution in [0, 0.1) is 11.3 Å². The molecule has 0 bridgehead atoms. The maximum Gasteiger partial charge on any atom is 0.0724 e. The minimum Gasteiger partial charge on any atom is -0.380 e. The van der Waals surface area contributed by atoms with Gasteiger partial charge >= 0.3 is 0 Å². The van der Waals surface area contributed by atoms with E-state index in [4.69, 9.17) is 10.5 Å². The van der Waals surface area contributed by atoms with Crippen LogP contribution in [0.2, 0.25) is 0 Å². The monoisotopic (exact) mass is 254 g/mol. The highest BCUT2D eigenvalue weighted by molar-refractivity contribution is 4.89. The zero-order valence-corrected chi connectivity index (χ0v) is 12.2. The second-order valence-corrected chi connectivity index (χ2v) is 6.54. The molecule has 1 saturated carbocycles. The summed E-state index contributed by atoms with van der Waals surface area (Å²) in [6, 6.07) is 0. The van der Waals surface area contributed by atoms with Crippen molar-refractivity contribution in [2.45, 2.75) is 51.6 Å². The quantitative estimate of drug-likeness (QED) is 0.836. The van der Waals surface area contributed by atoms with E-state index in [0.29, 0.717) is 17.4 Å². The van der Waals surface area contributed by atoms with Crippen molar-refractivity contribution in [2.24, 2.45) is 17.1 Å². The Morgan fingerprint density at radius 3 is 2.61 bits per heavy atom. The third-order valence-electron chi connectivity index (χ3n) is 5.18. The number of methoxy groups -OCH3 is 1. The Balaban J connectivity index is 1.91. The first-order chi connectivity index (χ1) is 8.69. The second-order valence-electron chi connectivity index (χ2n) is 6.54. The molecular formula is C15H30N2O. The van der Waals surface area contributed by atoms with Crippen LogP contribution in [0.15, 0.2) is 0 Å². The normalized spacial score (nSPS) is 33.5. The van der Waals surface area contributed by atoms with Crippen LogP contribution >= 0.6 is 0 Å². The molecule has 0 amide bonds. The number of likely N-dealkylation sites (tertiary alicyclic amines) is 1. The first-order valence-electron chi connectivity index (χ1n) is 7.64. The highest BCUT2D eigenvalue weighted by atomic mass is 16.5. The minimum atomic E-state index is 0.400. The molecule has 3 nitrogen and oxygen atoms in total. The molecular weight excluding hydrogens is 224 g/mol. The van der Waals surface area contributed by atoms with Crippen LogP contribution < -0.4 is 5.73 Å². The summed E-state index contributed by atoms with van der Waals surface area (Å²) in [6.07, 6.45) is 8.47. The van der Waals surface area contributed by atoms with Crippen molar-refractivity contribution in [3.63, 3.8) is 0 Å². The van der Waals surface area contributed by atoms with Crippen molar-refractivity contribution in [3.8, 4) is 0 Å². The van der Waals surface area contributed by atoms with E-state index in [9.17, 15) is 0 Å². The Kier molecular flexibility index (Phi) is 5.05. The molecule has 2 N–H and O–H groups in total. The van der Waals surface area contributed by atoms with Crippen molar-refractivity contribution in [3.05, 3.63) is 0 Å². The van der Waals surface area contributed by atoms with Gasteiger partial charge in [0, 0.05) is 20.2 Å². The first-order valence-corrected chi connectivity index (χ1v) is 7.64. The topological polar surface area (TPSA) is 38.5 Å². The molecule has 2 unspecified atom stereocenters. The van der Waals surface area contributed by atoms with Crippen LogP contribution in [0.25, 0.3) is 0 Å². The third-order valence-corrected chi connectivity index (χ3v) is 5.18. The van der Waals surface area contributed by atoms with Crippen LogP contribution in [0.3, 0.4) is 0 Å². The van der Waals surface area contributed by atoms with E-state index in [-0.39, 0.29) is 0 Å². The Bertz CT molecular complexity index is 251. The van der Waals surface area contributed by atoms with Gasteiger partial charge in [0.2, 0.25) is 0 Å².